The zero-order chi connectivity index (χ0) is 13.0. The van der Waals surface area contributed by atoms with Crippen LogP contribution in [0.2, 0.25) is 0 Å². The number of benzene rings is 1. The average Bonchev–Trinajstić information content (AvgIpc) is 2.19. The number of hydrogen-bond donors (Lipinski definition) is 3. The Morgan fingerprint density at radius 3 is 2.59 bits per heavy atom. The van der Waals surface area contributed by atoms with Crippen molar-refractivity contribution in [2.24, 2.45) is 16.5 Å². The van der Waals surface area contributed by atoms with Gasteiger partial charge in [0.15, 0.2) is 5.96 Å². The first-order valence-electron chi connectivity index (χ1n) is 5.10. The van der Waals surface area contributed by atoms with Gasteiger partial charge in [0.25, 0.3) is 0 Å². The van der Waals surface area contributed by atoms with Crippen molar-refractivity contribution < 1.29 is 4.79 Å². The molecule has 6 heteroatoms. The third-order valence-corrected chi connectivity index (χ3v) is 2.60. The van der Waals surface area contributed by atoms with E-state index in [9.17, 15) is 4.79 Å². The highest BCUT2D eigenvalue weighted by Crippen LogP contribution is 2.27. The maximum absolute atomic E-state index is 11.4. The molecule has 1 rings (SSSR count). The van der Waals surface area contributed by atoms with Crippen LogP contribution >= 0.6 is 15.9 Å². The fraction of sp³-hybridized carbons (Fsp3) is 0.273. The summed E-state index contributed by atoms with van der Waals surface area (Å²) in [5.74, 6) is 0.0210. The molecule has 0 radical (unpaired) electrons. The molecule has 0 aromatic heterocycles. The summed E-state index contributed by atoms with van der Waals surface area (Å²) in [4.78, 5) is 14.8. The van der Waals surface area contributed by atoms with Crippen molar-refractivity contribution in [2.75, 3.05) is 5.32 Å². The standard InChI is InChI=1S/C11H15BrN4O/c1-6(2)8-5-7(12)3-4-9(8)15-11(17)16-10(13)14/h3-6H,1-2H3,(H5,13,14,15,16,17). The molecule has 5 nitrogen and oxygen atoms in total. The van der Waals surface area contributed by atoms with E-state index in [1.807, 2.05) is 26.0 Å². The summed E-state index contributed by atoms with van der Waals surface area (Å²) in [7, 11) is 0. The molecule has 17 heavy (non-hydrogen) atoms. The molecular formula is C11H15BrN4O. The predicted octanol–water partition coefficient (Wildman–Crippen LogP) is 2.38. The van der Waals surface area contributed by atoms with Gasteiger partial charge in [0.2, 0.25) is 0 Å². The van der Waals surface area contributed by atoms with Gasteiger partial charge in [-0.15, -0.1) is 0 Å². The van der Waals surface area contributed by atoms with Gasteiger partial charge in [0.05, 0.1) is 0 Å². The minimum atomic E-state index is -0.575. The number of anilines is 1. The van der Waals surface area contributed by atoms with Crippen molar-refractivity contribution >= 4 is 33.6 Å². The van der Waals surface area contributed by atoms with E-state index in [-0.39, 0.29) is 11.9 Å². The molecule has 0 aliphatic rings. The Morgan fingerprint density at radius 1 is 1.41 bits per heavy atom. The molecule has 0 saturated heterocycles. The number of nitrogens with one attached hydrogen (secondary N) is 1. The van der Waals surface area contributed by atoms with Crippen LogP contribution in [-0.2, 0) is 0 Å². The summed E-state index contributed by atoms with van der Waals surface area (Å²) in [5, 5.41) is 2.64. The molecule has 0 bridgehead atoms. The Bertz CT molecular complexity index is 453. The Balaban J connectivity index is 2.98. The Labute approximate surface area is 108 Å². The van der Waals surface area contributed by atoms with E-state index in [1.165, 1.54) is 0 Å². The van der Waals surface area contributed by atoms with E-state index in [0.29, 0.717) is 5.69 Å². The lowest BCUT2D eigenvalue weighted by atomic mass is 10.0. The number of nitrogens with two attached hydrogens (primary N) is 2. The molecule has 2 amide bonds. The molecule has 0 aliphatic carbocycles. The quantitative estimate of drug-likeness (QED) is 0.578. The van der Waals surface area contributed by atoms with Gasteiger partial charge in [-0.05, 0) is 29.7 Å². The van der Waals surface area contributed by atoms with Gasteiger partial charge in [-0.25, -0.2) is 4.79 Å². The average molecular weight is 299 g/mol. The van der Waals surface area contributed by atoms with Gasteiger partial charge in [0, 0.05) is 10.2 Å². The van der Waals surface area contributed by atoms with Crippen LogP contribution < -0.4 is 16.8 Å². The Hall–Kier alpha value is -1.56. The maximum atomic E-state index is 11.4. The normalized spacial score (nSPS) is 10.1. The molecule has 0 unspecified atom stereocenters. The number of hydrogen-bond acceptors (Lipinski definition) is 1. The van der Waals surface area contributed by atoms with Crippen LogP contribution in [0.25, 0.3) is 0 Å². The van der Waals surface area contributed by atoms with Crippen LogP contribution in [-0.4, -0.2) is 12.0 Å². The molecule has 92 valence electrons. The molecule has 1 aromatic rings. The maximum Gasteiger partial charge on any atom is 0.348 e. The molecule has 5 N–H and O–H groups in total. The smallest absolute Gasteiger partial charge is 0.348 e. The summed E-state index contributed by atoms with van der Waals surface area (Å²) in [5.41, 5.74) is 12.0. The van der Waals surface area contributed by atoms with E-state index in [1.54, 1.807) is 6.07 Å². The lowest BCUT2D eigenvalue weighted by Gasteiger charge is -2.13. The highest BCUT2D eigenvalue weighted by molar-refractivity contribution is 9.10. The largest absolute Gasteiger partial charge is 0.370 e. The number of amides is 2. The molecule has 0 atom stereocenters. The fourth-order valence-electron chi connectivity index (χ4n) is 1.39. The number of aliphatic imine (C=N–C) groups is 1. The van der Waals surface area contributed by atoms with Crippen LogP contribution in [0.3, 0.4) is 0 Å². The first-order chi connectivity index (χ1) is 7.90. The van der Waals surface area contributed by atoms with E-state index < -0.39 is 6.03 Å². The zero-order valence-corrected chi connectivity index (χ0v) is 11.3. The molecule has 0 spiro atoms. The van der Waals surface area contributed by atoms with Crippen LogP contribution in [0, 0.1) is 0 Å². The number of urea groups is 1. The summed E-state index contributed by atoms with van der Waals surface area (Å²) in [6, 6.07) is 5.03. The lowest BCUT2D eigenvalue weighted by Crippen LogP contribution is -2.25. The zero-order valence-electron chi connectivity index (χ0n) is 9.70. The monoisotopic (exact) mass is 298 g/mol. The Morgan fingerprint density at radius 2 is 2.06 bits per heavy atom. The van der Waals surface area contributed by atoms with Crippen LogP contribution in [0.5, 0.6) is 0 Å². The van der Waals surface area contributed by atoms with Crippen molar-refractivity contribution in [3.8, 4) is 0 Å². The van der Waals surface area contributed by atoms with Crippen LogP contribution in [0.15, 0.2) is 27.7 Å². The number of carbonyl (C=O) groups excluding carboxylic acids is 1. The van der Waals surface area contributed by atoms with Crippen LogP contribution in [0.1, 0.15) is 25.3 Å². The number of carbonyl (C=O) groups is 1. The van der Waals surface area contributed by atoms with Crippen molar-refractivity contribution in [1.29, 1.82) is 0 Å². The SMILES string of the molecule is CC(C)c1cc(Br)ccc1NC(=O)N=C(N)N. The minimum absolute atomic E-state index is 0.259. The summed E-state index contributed by atoms with van der Waals surface area (Å²) < 4.78 is 0.959. The molecule has 0 saturated carbocycles. The highest BCUT2D eigenvalue weighted by atomic mass is 79.9. The van der Waals surface area contributed by atoms with Gasteiger partial charge in [-0.1, -0.05) is 29.8 Å². The second kappa shape index (κ2) is 5.67. The predicted molar refractivity (Wildman–Crippen MR) is 73.1 cm³/mol. The molecule has 0 fully saturated rings. The van der Waals surface area contributed by atoms with Crippen molar-refractivity contribution in [2.45, 2.75) is 19.8 Å². The number of halogens is 1. The van der Waals surface area contributed by atoms with E-state index in [4.69, 9.17) is 11.5 Å². The van der Waals surface area contributed by atoms with Crippen molar-refractivity contribution in [1.82, 2.24) is 0 Å². The van der Waals surface area contributed by atoms with Gasteiger partial charge >= 0.3 is 6.03 Å². The van der Waals surface area contributed by atoms with Crippen molar-refractivity contribution in [3.05, 3.63) is 28.2 Å². The third kappa shape index (κ3) is 4.07. The number of rotatable bonds is 2. The molecule has 0 aliphatic heterocycles. The van der Waals surface area contributed by atoms with Gasteiger partial charge in [0.1, 0.15) is 0 Å². The summed E-state index contributed by atoms with van der Waals surface area (Å²) in [6.45, 7) is 4.08. The first-order valence-corrected chi connectivity index (χ1v) is 5.89. The summed E-state index contributed by atoms with van der Waals surface area (Å²) in [6.07, 6.45) is 0. The topological polar surface area (TPSA) is 93.5 Å². The third-order valence-electron chi connectivity index (χ3n) is 2.11. The highest BCUT2D eigenvalue weighted by Gasteiger charge is 2.09. The second-order valence-corrected chi connectivity index (χ2v) is 4.77. The van der Waals surface area contributed by atoms with Crippen molar-refractivity contribution in [3.63, 3.8) is 0 Å². The number of nitrogens with zero attached hydrogens (tertiary/aromatic N) is 1. The fourth-order valence-corrected chi connectivity index (χ4v) is 1.76. The van der Waals surface area contributed by atoms with E-state index in [0.717, 1.165) is 10.0 Å². The van der Waals surface area contributed by atoms with E-state index in [2.05, 4.69) is 26.2 Å². The number of guanidine groups is 1. The van der Waals surface area contributed by atoms with Gasteiger partial charge < -0.3 is 16.8 Å². The second-order valence-electron chi connectivity index (χ2n) is 3.85. The first kappa shape index (κ1) is 13.5. The Kier molecular flexibility index (Phi) is 4.51. The molecule has 0 heterocycles. The van der Waals surface area contributed by atoms with Gasteiger partial charge in [-0.3, -0.25) is 0 Å². The molecule has 1 aromatic carbocycles. The van der Waals surface area contributed by atoms with Gasteiger partial charge in [-0.2, -0.15) is 4.99 Å². The lowest BCUT2D eigenvalue weighted by molar-refractivity contribution is 0.259. The van der Waals surface area contributed by atoms with Crippen LogP contribution in [0.4, 0.5) is 10.5 Å². The van der Waals surface area contributed by atoms with E-state index >= 15 is 0 Å². The minimum Gasteiger partial charge on any atom is -0.370 e. The molecular weight excluding hydrogens is 284 g/mol. The summed E-state index contributed by atoms with van der Waals surface area (Å²) >= 11 is 3.39.